The number of carbonyl (C=O) groups excluding carboxylic acids is 1. The molecule has 1 aromatic heterocycles. The summed E-state index contributed by atoms with van der Waals surface area (Å²) < 4.78 is 21.4. The fourth-order valence-corrected chi connectivity index (χ4v) is 4.23. The SMILES string of the molecule is CCCCc1nc2ccc(Br)cc2c(=O)n1N=Cc1ccc(N(C)C)cc1OCC(=O)Nc1cccc(F)c1. The van der Waals surface area contributed by atoms with Crippen LogP contribution < -0.4 is 20.5 Å². The van der Waals surface area contributed by atoms with Crippen LogP contribution in [0.4, 0.5) is 15.8 Å². The number of carbonyl (C=O) groups is 1. The molecule has 39 heavy (non-hydrogen) atoms. The normalized spacial score (nSPS) is 11.2. The third-order valence-electron chi connectivity index (χ3n) is 5.92. The molecule has 0 spiro atoms. The Morgan fingerprint density at radius 2 is 2.00 bits per heavy atom. The Morgan fingerprint density at radius 1 is 1.18 bits per heavy atom. The first-order valence-corrected chi connectivity index (χ1v) is 13.3. The number of hydrogen-bond donors (Lipinski definition) is 1. The number of nitrogens with zero attached hydrogens (tertiary/aromatic N) is 4. The molecule has 0 atom stereocenters. The Bertz CT molecular complexity index is 1590. The van der Waals surface area contributed by atoms with Crippen LogP contribution in [0.3, 0.4) is 0 Å². The summed E-state index contributed by atoms with van der Waals surface area (Å²) >= 11 is 3.42. The number of halogens is 2. The Hall–Kier alpha value is -4.05. The van der Waals surface area contributed by atoms with Gasteiger partial charge in [-0.1, -0.05) is 35.3 Å². The summed E-state index contributed by atoms with van der Waals surface area (Å²) in [6, 6.07) is 16.5. The molecule has 0 unspecified atom stereocenters. The second-order valence-electron chi connectivity index (χ2n) is 9.12. The van der Waals surface area contributed by atoms with Crippen LogP contribution in [-0.2, 0) is 11.2 Å². The Labute approximate surface area is 234 Å². The molecule has 3 aromatic carbocycles. The van der Waals surface area contributed by atoms with Crippen LogP contribution >= 0.6 is 15.9 Å². The van der Waals surface area contributed by atoms with Crippen molar-refractivity contribution in [1.82, 2.24) is 9.66 Å². The van der Waals surface area contributed by atoms with Crippen LogP contribution in [0.5, 0.6) is 5.75 Å². The van der Waals surface area contributed by atoms with E-state index in [1.54, 1.807) is 24.3 Å². The smallest absolute Gasteiger partial charge is 0.282 e. The number of benzene rings is 3. The maximum atomic E-state index is 13.5. The van der Waals surface area contributed by atoms with Crippen LogP contribution in [0.15, 0.2) is 75.0 Å². The molecule has 1 amide bonds. The molecule has 0 saturated heterocycles. The van der Waals surface area contributed by atoms with Crippen LogP contribution in [0, 0.1) is 5.82 Å². The number of aryl methyl sites for hydroxylation is 1. The zero-order valence-corrected chi connectivity index (χ0v) is 23.5. The molecule has 202 valence electrons. The minimum atomic E-state index is -0.449. The monoisotopic (exact) mass is 593 g/mol. The van der Waals surface area contributed by atoms with E-state index in [9.17, 15) is 14.0 Å². The lowest BCUT2D eigenvalue weighted by atomic mass is 10.2. The first-order valence-electron chi connectivity index (χ1n) is 12.5. The molecule has 4 aromatic rings. The van der Waals surface area contributed by atoms with Gasteiger partial charge in [-0.3, -0.25) is 9.59 Å². The van der Waals surface area contributed by atoms with E-state index < -0.39 is 11.7 Å². The number of hydrogen-bond acceptors (Lipinski definition) is 6. The van der Waals surface area contributed by atoms with E-state index in [-0.39, 0.29) is 12.2 Å². The zero-order chi connectivity index (χ0) is 27.9. The van der Waals surface area contributed by atoms with Gasteiger partial charge < -0.3 is 15.0 Å². The van der Waals surface area contributed by atoms with Crippen LogP contribution in [-0.4, -0.2) is 42.5 Å². The highest BCUT2D eigenvalue weighted by molar-refractivity contribution is 9.10. The van der Waals surface area contributed by atoms with Gasteiger partial charge in [0.15, 0.2) is 6.61 Å². The lowest BCUT2D eigenvalue weighted by molar-refractivity contribution is -0.118. The topological polar surface area (TPSA) is 88.8 Å². The van der Waals surface area contributed by atoms with Gasteiger partial charge in [-0.25, -0.2) is 9.37 Å². The minimum Gasteiger partial charge on any atom is -0.483 e. The quantitative estimate of drug-likeness (QED) is 0.242. The number of unbranched alkanes of at least 4 members (excludes halogenated alkanes) is 1. The van der Waals surface area contributed by atoms with E-state index in [0.717, 1.165) is 23.0 Å². The van der Waals surface area contributed by atoms with E-state index in [1.165, 1.54) is 29.1 Å². The maximum absolute atomic E-state index is 13.5. The van der Waals surface area contributed by atoms with Crippen LogP contribution in [0.25, 0.3) is 10.9 Å². The van der Waals surface area contributed by atoms with E-state index in [0.29, 0.717) is 40.1 Å². The third-order valence-corrected chi connectivity index (χ3v) is 6.42. The maximum Gasteiger partial charge on any atom is 0.282 e. The molecule has 0 radical (unpaired) electrons. The molecule has 0 fully saturated rings. The number of anilines is 2. The minimum absolute atomic E-state index is 0.273. The first kappa shape index (κ1) is 28.0. The lowest BCUT2D eigenvalue weighted by Crippen LogP contribution is -2.23. The third kappa shape index (κ3) is 7.08. The van der Waals surface area contributed by atoms with Gasteiger partial charge in [0.25, 0.3) is 11.5 Å². The van der Waals surface area contributed by atoms with Crippen molar-refractivity contribution in [3.05, 3.63) is 92.7 Å². The highest BCUT2D eigenvalue weighted by Crippen LogP contribution is 2.24. The number of aromatic nitrogens is 2. The van der Waals surface area contributed by atoms with Gasteiger partial charge in [0, 0.05) is 48.0 Å². The van der Waals surface area contributed by atoms with Crippen molar-refractivity contribution in [2.24, 2.45) is 5.10 Å². The van der Waals surface area contributed by atoms with Crippen molar-refractivity contribution in [3.8, 4) is 5.75 Å². The molecule has 1 heterocycles. The predicted molar refractivity (Wildman–Crippen MR) is 157 cm³/mol. The fraction of sp³-hybridized carbons (Fsp3) is 0.241. The van der Waals surface area contributed by atoms with E-state index >= 15 is 0 Å². The average molecular weight is 594 g/mol. The van der Waals surface area contributed by atoms with Gasteiger partial charge in [-0.05, 0) is 55.0 Å². The number of fused-ring (bicyclic) bond motifs is 1. The number of rotatable bonds is 10. The van der Waals surface area contributed by atoms with Gasteiger partial charge >= 0.3 is 0 Å². The largest absolute Gasteiger partial charge is 0.483 e. The van der Waals surface area contributed by atoms with Crippen molar-refractivity contribution < 1.29 is 13.9 Å². The Kier molecular flexibility index (Phi) is 9.08. The van der Waals surface area contributed by atoms with Gasteiger partial charge in [0.05, 0.1) is 17.1 Å². The molecule has 0 bridgehead atoms. The van der Waals surface area contributed by atoms with Gasteiger partial charge in [-0.15, -0.1) is 0 Å². The van der Waals surface area contributed by atoms with Gasteiger partial charge in [-0.2, -0.15) is 9.78 Å². The second kappa shape index (κ2) is 12.7. The summed E-state index contributed by atoms with van der Waals surface area (Å²) in [5, 5.41) is 7.59. The molecule has 8 nitrogen and oxygen atoms in total. The molecule has 1 N–H and O–H groups in total. The predicted octanol–water partition coefficient (Wildman–Crippen LogP) is 5.61. The number of amides is 1. The molecule has 0 aliphatic carbocycles. The number of ether oxygens (including phenoxy) is 1. The molecule has 10 heteroatoms. The van der Waals surface area contributed by atoms with Crippen LogP contribution in [0.1, 0.15) is 31.2 Å². The molecule has 0 aliphatic heterocycles. The molecule has 4 rings (SSSR count). The zero-order valence-electron chi connectivity index (χ0n) is 21.9. The van der Waals surface area contributed by atoms with Crippen LogP contribution in [0.2, 0.25) is 0 Å². The highest BCUT2D eigenvalue weighted by Gasteiger charge is 2.13. The van der Waals surface area contributed by atoms with Crippen molar-refractivity contribution >= 4 is 50.3 Å². The summed E-state index contributed by atoms with van der Waals surface area (Å²) in [5.74, 6) is 0.0740. The van der Waals surface area contributed by atoms with Crippen molar-refractivity contribution in [2.45, 2.75) is 26.2 Å². The first-order chi connectivity index (χ1) is 18.7. The molecular weight excluding hydrogens is 565 g/mol. The highest BCUT2D eigenvalue weighted by atomic mass is 79.9. The van der Waals surface area contributed by atoms with E-state index in [1.807, 2.05) is 37.2 Å². The van der Waals surface area contributed by atoms with Crippen molar-refractivity contribution in [3.63, 3.8) is 0 Å². The summed E-state index contributed by atoms with van der Waals surface area (Å²) in [6.45, 7) is 1.77. The van der Waals surface area contributed by atoms with E-state index in [2.05, 4.69) is 33.3 Å². The van der Waals surface area contributed by atoms with E-state index in [4.69, 9.17) is 9.72 Å². The van der Waals surface area contributed by atoms with Crippen molar-refractivity contribution in [2.75, 3.05) is 30.9 Å². The fourth-order valence-electron chi connectivity index (χ4n) is 3.87. The van der Waals surface area contributed by atoms with Gasteiger partial charge in [0.2, 0.25) is 0 Å². The Morgan fingerprint density at radius 3 is 2.74 bits per heavy atom. The number of nitrogens with one attached hydrogen (secondary N) is 1. The summed E-state index contributed by atoms with van der Waals surface area (Å²) in [5.41, 5.74) is 2.10. The summed E-state index contributed by atoms with van der Waals surface area (Å²) in [6.07, 6.45) is 3.93. The summed E-state index contributed by atoms with van der Waals surface area (Å²) in [7, 11) is 3.78. The standard InChI is InChI=1S/C29H29BrFN5O3/c1-4-5-9-27-34-25-13-11-20(30)14-24(25)29(38)36(27)32-17-19-10-12-23(35(2)3)16-26(19)39-18-28(37)33-22-8-6-7-21(31)15-22/h6-8,10-17H,4-5,9,18H2,1-3H3,(H,33,37). The molecule has 0 aliphatic rings. The van der Waals surface area contributed by atoms with Crippen molar-refractivity contribution in [1.29, 1.82) is 0 Å². The second-order valence-corrected chi connectivity index (χ2v) is 10.0. The molecule has 0 saturated carbocycles. The Balaban J connectivity index is 1.65. The molecular formula is C29H29BrFN5O3. The summed E-state index contributed by atoms with van der Waals surface area (Å²) in [4.78, 5) is 32.5. The lowest BCUT2D eigenvalue weighted by Gasteiger charge is -2.16. The average Bonchev–Trinajstić information content (AvgIpc) is 2.91. The van der Waals surface area contributed by atoms with Gasteiger partial charge in [0.1, 0.15) is 17.4 Å².